The summed E-state index contributed by atoms with van der Waals surface area (Å²) in [5, 5.41) is 0. The SMILES string of the molecule is CCN(C)C(=S)CCc1ccc(OC)c(OC)c1. The number of thiocarbonyl (C=S) groups is 1. The average Bonchev–Trinajstić information content (AvgIpc) is 2.43. The third-order valence-corrected chi connectivity index (χ3v) is 3.49. The van der Waals surface area contributed by atoms with E-state index in [2.05, 4.69) is 17.9 Å². The summed E-state index contributed by atoms with van der Waals surface area (Å²) in [7, 11) is 5.32. The molecule has 4 heteroatoms. The highest BCUT2D eigenvalue weighted by Crippen LogP contribution is 2.28. The lowest BCUT2D eigenvalue weighted by Gasteiger charge is -2.17. The minimum atomic E-state index is 0.759. The zero-order valence-corrected chi connectivity index (χ0v) is 12.3. The highest BCUT2D eigenvalue weighted by atomic mass is 32.1. The van der Waals surface area contributed by atoms with Gasteiger partial charge in [0.2, 0.25) is 0 Å². The number of nitrogens with zero attached hydrogens (tertiary/aromatic N) is 1. The third kappa shape index (κ3) is 3.88. The molecule has 0 aliphatic rings. The molecule has 0 bridgehead atoms. The van der Waals surface area contributed by atoms with Crippen LogP contribution in [0.1, 0.15) is 18.9 Å². The van der Waals surface area contributed by atoms with Gasteiger partial charge in [-0.1, -0.05) is 18.3 Å². The summed E-state index contributed by atoms with van der Waals surface area (Å²) < 4.78 is 10.5. The van der Waals surface area contributed by atoms with Crippen LogP contribution in [-0.2, 0) is 6.42 Å². The summed E-state index contributed by atoms with van der Waals surface area (Å²) in [6.07, 6.45) is 1.80. The molecule has 0 aromatic heterocycles. The van der Waals surface area contributed by atoms with Gasteiger partial charge in [0.1, 0.15) is 0 Å². The highest BCUT2D eigenvalue weighted by Gasteiger charge is 2.06. The Kier molecular flexibility index (Phi) is 5.92. The number of aryl methyl sites for hydroxylation is 1. The second-order valence-electron chi connectivity index (χ2n) is 4.10. The summed E-state index contributed by atoms with van der Waals surface area (Å²) in [4.78, 5) is 3.09. The molecule has 0 radical (unpaired) electrons. The fourth-order valence-corrected chi connectivity index (χ4v) is 1.89. The Hall–Kier alpha value is -1.29. The highest BCUT2D eigenvalue weighted by molar-refractivity contribution is 7.80. The summed E-state index contributed by atoms with van der Waals surface area (Å²) in [6.45, 7) is 3.05. The van der Waals surface area contributed by atoms with Gasteiger partial charge in [0, 0.05) is 20.0 Å². The van der Waals surface area contributed by atoms with E-state index in [4.69, 9.17) is 21.7 Å². The Balaban J connectivity index is 2.66. The van der Waals surface area contributed by atoms with Crippen molar-refractivity contribution in [2.45, 2.75) is 19.8 Å². The lowest BCUT2D eigenvalue weighted by molar-refractivity contribution is 0.354. The second kappa shape index (κ2) is 7.21. The van der Waals surface area contributed by atoms with Gasteiger partial charge in [0.15, 0.2) is 11.5 Å². The van der Waals surface area contributed by atoms with Crippen LogP contribution in [0.25, 0.3) is 0 Å². The predicted molar refractivity (Wildman–Crippen MR) is 78.8 cm³/mol. The molecule has 0 atom stereocenters. The van der Waals surface area contributed by atoms with Gasteiger partial charge in [-0.25, -0.2) is 0 Å². The molecule has 0 fully saturated rings. The first kappa shape index (κ1) is 14.8. The molecular formula is C14H21NO2S. The average molecular weight is 267 g/mol. The number of hydrogen-bond donors (Lipinski definition) is 0. The molecule has 0 N–H and O–H groups in total. The van der Waals surface area contributed by atoms with Crippen molar-refractivity contribution < 1.29 is 9.47 Å². The van der Waals surface area contributed by atoms with Crippen molar-refractivity contribution in [1.29, 1.82) is 0 Å². The molecule has 100 valence electrons. The van der Waals surface area contributed by atoms with E-state index in [-0.39, 0.29) is 0 Å². The van der Waals surface area contributed by atoms with Gasteiger partial charge in [-0.15, -0.1) is 0 Å². The van der Waals surface area contributed by atoms with Gasteiger partial charge in [-0.2, -0.15) is 0 Å². The predicted octanol–water partition coefficient (Wildman–Crippen LogP) is 2.92. The van der Waals surface area contributed by atoms with E-state index >= 15 is 0 Å². The molecule has 1 rings (SSSR count). The van der Waals surface area contributed by atoms with Crippen molar-refractivity contribution in [3.05, 3.63) is 23.8 Å². The van der Waals surface area contributed by atoms with Crippen LogP contribution in [0, 0.1) is 0 Å². The fourth-order valence-electron chi connectivity index (χ4n) is 1.65. The number of benzene rings is 1. The molecule has 3 nitrogen and oxygen atoms in total. The van der Waals surface area contributed by atoms with Gasteiger partial charge in [0.05, 0.1) is 19.2 Å². The van der Waals surface area contributed by atoms with Gasteiger partial charge < -0.3 is 14.4 Å². The molecule has 1 aromatic carbocycles. The van der Waals surface area contributed by atoms with Crippen molar-refractivity contribution in [2.24, 2.45) is 0 Å². The first-order valence-corrected chi connectivity index (χ1v) is 6.48. The van der Waals surface area contributed by atoms with Gasteiger partial charge >= 0.3 is 0 Å². The standard InChI is InChI=1S/C14H21NO2S/c1-5-15(2)14(18)9-7-11-6-8-12(16-3)13(10-11)17-4/h6,8,10H,5,7,9H2,1-4H3. The molecule has 0 saturated heterocycles. The maximum Gasteiger partial charge on any atom is 0.160 e. The van der Waals surface area contributed by atoms with E-state index in [9.17, 15) is 0 Å². The minimum Gasteiger partial charge on any atom is -0.493 e. The molecule has 0 unspecified atom stereocenters. The molecule has 1 aromatic rings. The molecule has 0 spiro atoms. The molecule has 0 saturated carbocycles. The maximum atomic E-state index is 5.35. The smallest absolute Gasteiger partial charge is 0.160 e. The Morgan fingerprint density at radius 2 is 1.89 bits per heavy atom. The first-order chi connectivity index (χ1) is 8.62. The van der Waals surface area contributed by atoms with Crippen LogP contribution in [0.15, 0.2) is 18.2 Å². The zero-order valence-electron chi connectivity index (χ0n) is 11.5. The van der Waals surface area contributed by atoms with E-state index in [1.807, 2.05) is 19.2 Å². The first-order valence-electron chi connectivity index (χ1n) is 6.07. The molecule has 0 amide bonds. The molecule has 0 heterocycles. The Morgan fingerprint density at radius 1 is 1.22 bits per heavy atom. The summed E-state index contributed by atoms with van der Waals surface area (Å²) in [5.41, 5.74) is 1.21. The van der Waals surface area contributed by atoms with Gasteiger partial charge in [0.25, 0.3) is 0 Å². The van der Waals surface area contributed by atoms with Gasteiger partial charge in [-0.05, 0) is 31.0 Å². The van der Waals surface area contributed by atoms with E-state index in [1.165, 1.54) is 5.56 Å². The van der Waals surface area contributed by atoms with Crippen LogP contribution in [0.2, 0.25) is 0 Å². The Morgan fingerprint density at radius 3 is 2.44 bits per heavy atom. The fraction of sp³-hybridized carbons (Fsp3) is 0.500. The quantitative estimate of drug-likeness (QED) is 0.739. The Labute approximate surface area is 115 Å². The monoisotopic (exact) mass is 267 g/mol. The number of methoxy groups -OCH3 is 2. The topological polar surface area (TPSA) is 21.7 Å². The van der Waals surface area contributed by atoms with E-state index < -0.39 is 0 Å². The third-order valence-electron chi connectivity index (χ3n) is 2.98. The normalized spacial score (nSPS) is 10.0. The maximum absolute atomic E-state index is 5.35. The van der Waals surface area contributed by atoms with E-state index in [0.717, 1.165) is 35.9 Å². The second-order valence-corrected chi connectivity index (χ2v) is 4.57. The van der Waals surface area contributed by atoms with E-state index in [0.29, 0.717) is 0 Å². The van der Waals surface area contributed by atoms with E-state index in [1.54, 1.807) is 14.2 Å². The zero-order chi connectivity index (χ0) is 13.5. The summed E-state index contributed by atoms with van der Waals surface area (Å²) >= 11 is 5.35. The Bertz CT molecular complexity index is 407. The minimum absolute atomic E-state index is 0.759. The number of ether oxygens (including phenoxy) is 2. The summed E-state index contributed by atoms with van der Waals surface area (Å²) in [5.74, 6) is 1.53. The molecule has 0 aliphatic heterocycles. The van der Waals surface area contributed by atoms with Crippen LogP contribution in [-0.4, -0.2) is 37.7 Å². The van der Waals surface area contributed by atoms with Crippen LogP contribution in [0.3, 0.4) is 0 Å². The lowest BCUT2D eigenvalue weighted by atomic mass is 10.1. The van der Waals surface area contributed by atoms with Crippen molar-refractivity contribution >= 4 is 17.2 Å². The number of hydrogen-bond acceptors (Lipinski definition) is 3. The molecular weight excluding hydrogens is 246 g/mol. The largest absolute Gasteiger partial charge is 0.493 e. The van der Waals surface area contributed by atoms with Crippen molar-refractivity contribution in [1.82, 2.24) is 4.90 Å². The van der Waals surface area contributed by atoms with Crippen LogP contribution in [0.4, 0.5) is 0 Å². The number of rotatable bonds is 6. The summed E-state index contributed by atoms with van der Waals surface area (Å²) in [6, 6.07) is 5.99. The van der Waals surface area contributed by atoms with Gasteiger partial charge in [-0.3, -0.25) is 0 Å². The molecule has 18 heavy (non-hydrogen) atoms. The van der Waals surface area contributed by atoms with Crippen molar-refractivity contribution in [3.8, 4) is 11.5 Å². The van der Waals surface area contributed by atoms with Crippen molar-refractivity contribution in [3.63, 3.8) is 0 Å². The molecule has 0 aliphatic carbocycles. The van der Waals surface area contributed by atoms with Crippen LogP contribution < -0.4 is 9.47 Å². The van der Waals surface area contributed by atoms with Crippen LogP contribution >= 0.6 is 12.2 Å². The van der Waals surface area contributed by atoms with Crippen molar-refractivity contribution in [2.75, 3.05) is 27.8 Å². The van der Waals surface area contributed by atoms with Crippen LogP contribution in [0.5, 0.6) is 11.5 Å². The lowest BCUT2D eigenvalue weighted by Crippen LogP contribution is -2.24.